The van der Waals surface area contributed by atoms with Crippen LogP contribution in [0.2, 0.25) is 0 Å². The maximum atomic E-state index is 13.6. The monoisotopic (exact) mass is 279 g/mol. The van der Waals surface area contributed by atoms with Crippen molar-refractivity contribution in [2.45, 2.75) is 38.1 Å². The van der Waals surface area contributed by atoms with Crippen LogP contribution in [0.15, 0.2) is 12.1 Å². The number of hydrogen-bond donors (Lipinski definition) is 1. The third kappa shape index (κ3) is 2.98. The van der Waals surface area contributed by atoms with E-state index in [9.17, 15) is 13.2 Å². The second kappa shape index (κ2) is 6.43. The fraction of sp³-hybridized carbons (Fsp3) is 0.538. The Morgan fingerprint density at radius 1 is 1.00 bits per heavy atom. The van der Waals surface area contributed by atoms with Crippen molar-refractivity contribution in [3.63, 3.8) is 0 Å². The first kappa shape index (κ1) is 15.3. The van der Waals surface area contributed by atoms with Gasteiger partial charge in [-0.2, -0.15) is 0 Å². The molecule has 0 bridgehead atoms. The summed E-state index contributed by atoms with van der Waals surface area (Å²) in [5.41, 5.74) is 6.05. The molecule has 1 aliphatic rings. The highest BCUT2D eigenvalue weighted by atomic mass is 35.5. The highest BCUT2D eigenvalue weighted by Gasteiger charge is 2.26. The van der Waals surface area contributed by atoms with Crippen molar-refractivity contribution in [2.24, 2.45) is 11.7 Å². The van der Waals surface area contributed by atoms with Gasteiger partial charge in [0.15, 0.2) is 17.5 Å². The highest BCUT2D eigenvalue weighted by Crippen LogP contribution is 2.34. The van der Waals surface area contributed by atoms with Crippen LogP contribution in [0.1, 0.15) is 43.7 Å². The molecule has 1 aliphatic carbocycles. The molecule has 0 amide bonds. The summed E-state index contributed by atoms with van der Waals surface area (Å²) in [5, 5.41) is 0. The molecule has 0 unspecified atom stereocenters. The summed E-state index contributed by atoms with van der Waals surface area (Å²) in [5.74, 6) is -3.55. The predicted octanol–water partition coefficient (Wildman–Crippen LogP) is 4.11. The third-order valence-electron chi connectivity index (χ3n) is 3.58. The van der Waals surface area contributed by atoms with Gasteiger partial charge in [-0.15, -0.1) is 12.4 Å². The summed E-state index contributed by atoms with van der Waals surface area (Å²) in [4.78, 5) is 0. The molecule has 0 radical (unpaired) electrons. The largest absolute Gasteiger partial charge is 0.324 e. The Balaban J connectivity index is 0.00000162. The zero-order valence-corrected chi connectivity index (χ0v) is 10.8. The van der Waals surface area contributed by atoms with E-state index in [1.807, 2.05) is 0 Å². The fourth-order valence-electron chi connectivity index (χ4n) is 2.55. The first-order chi connectivity index (χ1) is 8.11. The number of rotatable bonds is 2. The van der Waals surface area contributed by atoms with E-state index in [-0.39, 0.29) is 23.9 Å². The quantitative estimate of drug-likeness (QED) is 0.810. The molecule has 2 rings (SSSR count). The first-order valence-electron chi connectivity index (χ1n) is 6.00. The number of nitrogens with two attached hydrogens (primary N) is 1. The van der Waals surface area contributed by atoms with Crippen molar-refractivity contribution in [2.75, 3.05) is 0 Å². The van der Waals surface area contributed by atoms with Crippen molar-refractivity contribution in [1.29, 1.82) is 0 Å². The molecule has 5 heteroatoms. The average Bonchev–Trinajstić information content (AvgIpc) is 2.36. The molecule has 0 heterocycles. The Labute approximate surface area is 111 Å². The van der Waals surface area contributed by atoms with Crippen molar-refractivity contribution in [3.8, 4) is 0 Å². The summed E-state index contributed by atoms with van der Waals surface area (Å²) in [7, 11) is 0. The fourth-order valence-corrected chi connectivity index (χ4v) is 2.55. The molecule has 0 aliphatic heterocycles. The van der Waals surface area contributed by atoms with Crippen molar-refractivity contribution in [1.82, 2.24) is 0 Å². The van der Waals surface area contributed by atoms with Gasteiger partial charge in [0.25, 0.3) is 0 Å². The predicted molar refractivity (Wildman–Crippen MR) is 67.1 cm³/mol. The topological polar surface area (TPSA) is 26.0 Å². The SMILES string of the molecule is Cl.N[C@@H](c1ccc(F)c(F)c1F)C1CCCCC1. The lowest BCUT2D eigenvalue weighted by Crippen LogP contribution is -2.25. The van der Waals surface area contributed by atoms with Gasteiger partial charge in [-0.25, -0.2) is 13.2 Å². The Bertz CT molecular complexity index is 405. The van der Waals surface area contributed by atoms with E-state index in [2.05, 4.69) is 0 Å². The second-order valence-corrected chi connectivity index (χ2v) is 4.69. The zero-order chi connectivity index (χ0) is 12.4. The average molecular weight is 280 g/mol. The van der Waals surface area contributed by atoms with Crippen molar-refractivity contribution >= 4 is 12.4 Å². The molecule has 0 aromatic heterocycles. The number of benzene rings is 1. The molecule has 102 valence electrons. The van der Waals surface area contributed by atoms with E-state index in [0.717, 1.165) is 31.7 Å². The molecular weight excluding hydrogens is 263 g/mol. The maximum absolute atomic E-state index is 13.6. The van der Waals surface area contributed by atoms with E-state index >= 15 is 0 Å². The molecule has 2 N–H and O–H groups in total. The van der Waals surface area contributed by atoms with E-state index < -0.39 is 23.5 Å². The Hall–Kier alpha value is -0.740. The van der Waals surface area contributed by atoms with Crippen LogP contribution in [0.4, 0.5) is 13.2 Å². The smallest absolute Gasteiger partial charge is 0.194 e. The van der Waals surface area contributed by atoms with Gasteiger partial charge in [-0.1, -0.05) is 25.3 Å². The number of hydrogen-bond acceptors (Lipinski definition) is 1. The van der Waals surface area contributed by atoms with Crippen LogP contribution in [-0.4, -0.2) is 0 Å². The van der Waals surface area contributed by atoms with Gasteiger partial charge >= 0.3 is 0 Å². The van der Waals surface area contributed by atoms with Crippen molar-refractivity contribution in [3.05, 3.63) is 35.1 Å². The third-order valence-corrected chi connectivity index (χ3v) is 3.58. The van der Waals surface area contributed by atoms with Crippen LogP contribution in [0.25, 0.3) is 0 Å². The lowest BCUT2D eigenvalue weighted by Gasteiger charge is -2.28. The van der Waals surface area contributed by atoms with E-state index in [0.29, 0.717) is 0 Å². The maximum Gasteiger partial charge on any atom is 0.194 e. The lowest BCUT2D eigenvalue weighted by atomic mass is 9.81. The molecule has 1 aromatic rings. The van der Waals surface area contributed by atoms with Crippen LogP contribution in [0.3, 0.4) is 0 Å². The van der Waals surface area contributed by atoms with Crippen LogP contribution >= 0.6 is 12.4 Å². The van der Waals surface area contributed by atoms with Crippen LogP contribution < -0.4 is 5.73 Å². The van der Waals surface area contributed by atoms with E-state index in [4.69, 9.17) is 5.73 Å². The standard InChI is InChI=1S/C13H16F3N.ClH/c14-10-7-6-9(11(15)12(10)16)13(17)8-4-2-1-3-5-8;/h6-8,13H,1-5,17H2;1H/t13-;/m1./s1. The summed E-state index contributed by atoms with van der Waals surface area (Å²) in [6.07, 6.45) is 5.18. The minimum Gasteiger partial charge on any atom is -0.324 e. The molecule has 1 atom stereocenters. The van der Waals surface area contributed by atoms with Gasteiger partial charge in [0.1, 0.15) is 0 Å². The highest BCUT2D eigenvalue weighted by molar-refractivity contribution is 5.85. The summed E-state index contributed by atoms with van der Waals surface area (Å²) >= 11 is 0. The van der Waals surface area contributed by atoms with Gasteiger partial charge in [0, 0.05) is 11.6 Å². The molecule has 1 fully saturated rings. The van der Waals surface area contributed by atoms with Gasteiger partial charge in [0.05, 0.1) is 0 Å². The molecule has 1 aromatic carbocycles. The van der Waals surface area contributed by atoms with Gasteiger partial charge in [-0.05, 0) is 24.8 Å². The molecular formula is C13H17ClF3N. The molecule has 18 heavy (non-hydrogen) atoms. The summed E-state index contributed by atoms with van der Waals surface area (Å²) < 4.78 is 39.5. The van der Waals surface area contributed by atoms with Crippen LogP contribution in [0, 0.1) is 23.4 Å². The first-order valence-corrected chi connectivity index (χ1v) is 6.00. The van der Waals surface area contributed by atoms with Gasteiger partial charge < -0.3 is 5.73 Å². The molecule has 0 spiro atoms. The van der Waals surface area contributed by atoms with Gasteiger partial charge in [0.2, 0.25) is 0 Å². The van der Waals surface area contributed by atoms with Crippen molar-refractivity contribution < 1.29 is 13.2 Å². The minimum absolute atomic E-state index is 0. The van der Waals surface area contributed by atoms with Crippen LogP contribution in [-0.2, 0) is 0 Å². The Kier molecular flexibility index (Phi) is 5.47. The Morgan fingerprint density at radius 3 is 2.22 bits per heavy atom. The summed E-state index contributed by atoms with van der Waals surface area (Å²) in [6, 6.07) is 1.66. The molecule has 1 saturated carbocycles. The van der Waals surface area contributed by atoms with E-state index in [1.165, 1.54) is 12.5 Å². The molecule has 1 nitrogen and oxygen atoms in total. The minimum atomic E-state index is -1.42. The van der Waals surface area contributed by atoms with E-state index in [1.54, 1.807) is 0 Å². The normalized spacial score (nSPS) is 18.2. The lowest BCUT2D eigenvalue weighted by molar-refractivity contribution is 0.300. The Morgan fingerprint density at radius 2 is 1.61 bits per heavy atom. The van der Waals surface area contributed by atoms with Gasteiger partial charge in [-0.3, -0.25) is 0 Å². The zero-order valence-electron chi connectivity index (χ0n) is 9.96. The number of halogens is 4. The molecule has 0 saturated heterocycles. The summed E-state index contributed by atoms with van der Waals surface area (Å²) in [6.45, 7) is 0. The second-order valence-electron chi connectivity index (χ2n) is 4.69. The van der Waals surface area contributed by atoms with Crippen LogP contribution in [0.5, 0.6) is 0 Å².